The van der Waals surface area contributed by atoms with Gasteiger partial charge in [-0.1, -0.05) is 18.7 Å². The molecular weight excluding hydrogens is 414 g/mol. The number of amides is 2. The number of aryl methyl sites for hydroxylation is 1. The zero-order chi connectivity index (χ0) is 21.7. The summed E-state index contributed by atoms with van der Waals surface area (Å²) in [6.07, 6.45) is 0.579. The van der Waals surface area contributed by atoms with Crippen molar-refractivity contribution in [3.05, 3.63) is 21.8 Å². The van der Waals surface area contributed by atoms with Crippen molar-refractivity contribution in [1.29, 1.82) is 0 Å². The lowest BCUT2D eigenvalue weighted by Crippen LogP contribution is -2.18. The van der Waals surface area contributed by atoms with E-state index in [1.165, 1.54) is 11.8 Å². The predicted octanol–water partition coefficient (Wildman–Crippen LogP) is 2.76. The van der Waals surface area contributed by atoms with Crippen LogP contribution >= 0.6 is 23.1 Å². The second-order valence-corrected chi connectivity index (χ2v) is 8.56. The molecule has 29 heavy (non-hydrogen) atoms. The predicted molar refractivity (Wildman–Crippen MR) is 113 cm³/mol. The molecule has 0 radical (unpaired) electrons. The van der Waals surface area contributed by atoms with Crippen molar-refractivity contribution in [3.8, 4) is 0 Å². The lowest BCUT2D eigenvalue weighted by molar-refractivity contribution is -0.113. The minimum atomic E-state index is -0.663. The van der Waals surface area contributed by atoms with Crippen LogP contribution in [0.5, 0.6) is 0 Å². The molecule has 0 saturated heterocycles. The van der Waals surface area contributed by atoms with Gasteiger partial charge < -0.3 is 20.4 Å². The molecule has 0 spiro atoms. The topological polar surface area (TPSA) is 129 Å². The third-order valence-electron chi connectivity index (χ3n) is 3.85. The summed E-state index contributed by atoms with van der Waals surface area (Å²) in [4.78, 5) is 36.9. The first-order valence-electron chi connectivity index (χ1n) is 9.12. The van der Waals surface area contributed by atoms with Gasteiger partial charge in [0.25, 0.3) is 5.91 Å². The molecule has 0 bridgehead atoms. The van der Waals surface area contributed by atoms with Gasteiger partial charge in [0.1, 0.15) is 10.8 Å². The van der Waals surface area contributed by atoms with Gasteiger partial charge in [0.05, 0.1) is 22.3 Å². The number of thiophene rings is 1. The fourth-order valence-electron chi connectivity index (χ4n) is 2.60. The largest absolute Gasteiger partial charge is 0.459 e. The molecule has 2 amide bonds. The third kappa shape index (κ3) is 5.57. The molecule has 2 aromatic heterocycles. The van der Waals surface area contributed by atoms with Crippen molar-refractivity contribution in [2.75, 3.05) is 11.1 Å². The first-order valence-corrected chi connectivity index (χ1v) is 10.9. The highest BCUT2D eigenvalue weighted by atomic mass is 32.2. The fraction of sp³-hybridized carbons (Fsp3) is 0.500. The summed E-state index contributed by atoms with van der Waals surface area (Å²) in [5, 5.41) is 11.7. The van der Waals surface area contributed by atoms with Gasteiger partial charge in [0.2, 0.25) is 5.91 Å². The minimum Gasteiger partial charge on any atom is -0.459 e. The summed E-state index contributed by atoms with van der Waals surface area (Å²) in [6, 6.07) is 0. The Bertz CT molecular complexity index is 920. The molecule has 2 heterocycles. The number of thioether (sulfide) groups is 1. The average molecular weight is 440 g/mol. The van der Waals surface area contributed by atoms with Gasteiger partial charge in [-0.3, -0.25) is 9.59 Å². The van der Waals surface area contributed by atoms with Crippen molar-refractivity contribution in [1.82, 2.24) is 14.8 Å². The molecule has 158 valence electrons. The molecule has 9 nitrogen and oxygen atoms in total. The summed E-state index contributed by atoms with van der Waals surface area (Å²) in [7, 11) is 0. The lowest BCUT2D eigenvalue weighted by atomic mass is 10.1. The second-order valence-electron chi connectivity index (χ2n) is 6.60. The number of nitrogens with zero attached hydrogens (tertiary/aromatic N) is 3. The van der Waals surface area contributed by atoms with E-state index in [4.69, 9.17) is 10.5 Å². The Morgan fingerprint density at radius 1 is 1.28 bits per heavy atom. The number of ether oxygens (including phenoxy) is 1. The molecule has 2 rings (SSSR count). The zero-order valence-electron chi connectivity index (χ0n) is 17.1. The Hall–Kier alpha value is -2.40. The van der Waals surface area contributed by atoms with E-state index >= 15 is 0 Å². The van der Waals surface area contributed by atoms with Crippen LogP contribution < -0.4 is 11.1 Å². The van der Waals surface area contributed by atoms with E-state index in [2.05, 4.69) is 15.5 Å². The van der Waals surface area contributed by atoms with E-state index in [-0.39, 0.29) is 33.2 Å². The normalized spacial score (nSPS) is 11.0. The van der Waals surface area contributed by atoms with Crippen LogP contribution in [0, 0.1) is 13.8 Å². The van der Waals surface area contributed by atoms with Crippen LogP contribution in [-0.2, 0) is 16.1 Å². The summed E-state index contributed by atoms with van der Waals surface area (Å²) < 4.78 is 7.19. The molecule has 0 atom stereocenters. The standard InChI is InChI=1S/C18H25N5O4S2/c1-6-7-23-11(5)21-22-18(23)28-8-12(24)20-16-13(17(26)27-9(2)3)10(4)14(29-16)15(19)25/h9H,6-8H2,1-5H3,(H2,19,25)(H,20,24). The molecule has 0 aromatic carbocycles. The number of nitrogens with one attached hydrogen (secondary N) is 1. The number of primary amides is 1. The van der Waals surface area contributed by atoms with Crippen LogP contribution in [0.2, 0.25) is 0 Å². The van der Waals surface area contributed by atoms with E-state index < -0.39 is 11.9 Å². The number of nitrogens with two attached hydrogens (primary N) is 1. The van der Waals surface area contributed by atoms with Gasteiger partial charge in [-0.2, -0.15) is 0 Å². The van der Waals surface area contributed by atoms with E-state index in [1.54, 1.807) is 20.8 Å². The first kappa shape index (κ1) is 22.9. The van der Waals surface area contributed by atoms with E-state index in [1.807, 2.05) is 18.4 Å². The number of rotatable bonds is 9. The number of carbonyl (C=O) groups is 3. The SMILES string of the molecule is CCCn1c(C)nnc1SCC(=O)Nc1sc(C(N)=O)c(C)c1C(=O)OC(C)C. The number of aromatic nitrogens is 3. The molecule has 0 aliphatic heterocycles. The Morgan fingerprint density at radius 3 is 2.55 bits per heavy atom. The summed E-state index contributed by atoms with van der Waals surface area (Å²) >= 11 is 2.22. The first-order chi connectivity index (χ1) is 13.6. The maximum absolute atomic E-state index is 12.5. The highest BCUT2D eigenvalue weighted by molar-refractivity contribution is 7.99. The van der Waals surface area contributed by atoms with Gasteiger partial charge >= 0.3 is 5.97 Å². The van der Waals surface area contributed by atoms with Crippen LogP contribution in [0.25, 0.3) is 0 Å². The van der Waals surface area contributed by atoms with Gasteiger partial charge in [0, 0.05) is 6.54 Å². The summed E-state index contributed by atoms with van der Waals surface area (Å²) in [6.45, 7) is 9.72. The van der Waals surface area contributed by atoms with Gasteiger partial charge in [-0.05, 0) is 39.7 Å². The van der Waals surface area contributed by atoms with Crippen molar-refractivity contribution in [2.45, 2.75) is 58.8 Å². The Balaban J connectivity index is 2.18. The molecule has 3 N–H and O–H groups in total. The van der Waals surface area contributed by atoms with Crippen LogP contribution in [0.1, 0.15) is 58.6 Å². The van der Waals surface area contributed by atoms with Crippen LogP contribution in [0.3, 0.4) is 0 Å². The maximum atomic E-state index is 12.5. The molecule has 2 aromatic rings. The minimum absolute atomic E-state index is 0.0728. The number of anilines is 1. The molecule has 0 fully saturated rings. The quantitative estimate of drug-likeness (QED) is 0.454. The lowest BCUT2D eigenvalue weighted by Gasteiger charge is -2.10. The smallest absolute Gasteiger partial charge is 0.341 e. The van der Waals surface area contributed by atoms with Crippen molar-refractivity contribution >= 4 is 45.9 Å². The number of hydrogen-bond donors (Lipinski definition) is 2. The second kappa shape index (κ2) is 9.88. The van der Waals surface area contributed by atoms with Crippen LogP contribution in [0.4, 0.5) is 5.00 Å². The highest BCUT2D eigenvalue weighted by Gasteiger charge is 2.26. The third-order valence-corrected chi connectivity index (χ3v) is 6.04. The molecule has 0 aliphatic carbocycles. The van der Waals surface area contributed by atoms with E-state index in [0.717, 1.165) is 30.1 Å². The molecule has 0 aliphatic rings. The highest BCUT2D eigenvalue weighted by Crippen LogP contribution is 2.34. The van der Waals surface area contributed by atoms with Crippen LogP contribution in [-0.4, -0.2) is 44.4 Å². The molecule has 0 saturated carbocycles. The molecule has 11 heteroatoms. The number of esters is 1. The Morgan fingerprint density at radius 2 is 1.97 bits per heavy atom. The molecular formula is C18H25N5O4S2. The summed E-state index contributed by atoms with van der Waals surface area (Å²) in [5.41, 5.74) is 5.95. The Labute approximate surface area is 177 Å². The number of carbonyl (C=O) groups excluding carboxylic acids is 3. The van der Waals surface area contributed by atoms with Crippen LogP contribution in [0.15, 0.2) is 5.16 Å². The summed E-state index contributed by atoms with van der Waals surface area (Å²) in [5.74, 6) is -0.752. The maximum Gasteiger partial charge on any atom is 0.341 e. The van der Waals surface area contributed by atoms with Crippen molar-refractivity contribution < 1.29 is 19.1 Å². The molecule has 0 unspecified atom stereocenters. The van der Waals surface area contributed by atoms with Crippen molar-refractivity contribution in [3.63, 3.8) is 0 Å². The van der Waals surface area contributed by atoms with E-state index in [0.29, 0.717) is 10.7 Å². The average Bonchev–Trinajstić information content (AvgIpc) is 3.13. The van der Waals surface area contributed by atoms with Gasteiger partial charge in [0.15, 0.2) is 5.16 Å². The van der Waals surface area contributed by atoms with Gasteiger partial charge in [-0.25, -0.2) is 4.79 Å². The van der Waals surface area contributed by atoms with Gasteiger partial charge in [-0.15, -0.1) is 21.5 Å². The van der Waals surface area contributed by atoms with Crippen molar-refractivity contribution in [2.24, 2.45) is 5.73 Å². The van der Waals surface area contributed by atoms with E-state index in [9.17, 15) is 14.4 Å². The fourth-order valence-corrected chi connectivity index (χ4v) is 4.47. The monoisotopic (exact) mass is 439 g/mol. The zero-order valence-corrected chi connectivity index (χ0v) is 18.7. The Kier molecular flexibility index (Phi) is 7.80. The number of hydrogen-bond acceptors (Lipinski definition) is 8.